The predicted molar refractivity (Wildman–Crippen MR) is 73.1 cm³/mol. The normalized spacial score (nSPS) is 11.3. The van der Waals surface area contributed by atoms with Crippen LogP contribution in [0.2, 0.25) is 5.02 Å². The number of hydrogen-bond acceptors (Lipinski definition) is 4. The van der Waals surface area contributed by atoms with E-state index in [1.165, 1.54) is 17.3 Å². The third kappa shape index (κ3) is 2.34. The van der Waals surface area contributed by atoms with Crippen LogP contribution in [0.3, 0.4) is 0 Å². The Morgan fingerprint density at radius 3 is 3.05 bits per heavy atom. The summed E-state index contributed by atoms with van der Waals surface area (Å²) >= 11 is 6.08. The van der Waals surface area contributed by atoms with Gasteiger partial charge in [-0.3, -0.25) is 0 Å². The van der Waals surface area contributed by atoms with E-state index < -0.39 is 0 Å². The van der Waals surface area contributed by atoms with Gasteiger partial charge in [0.25, 0.3) is 0 Å². The number of nitrogens with one attached hydrogen (secondary N) is 1. The molecule has 0 radical (unpaired) electrons. The number of rotatable bonds is 4. The van der Waals surface area contributed by atoms with Gasteiger partial charge in [0.15, 0.2) is 5.82 Å². The molecule has 0 fully saturated rings. The van der Waals surface area contributed by atoms with Crippen LogP contribution in [0.1, 0.15) is 11.4 Å². The largest absolute Gasteiger partial charge is 0.343 e. The van der Waals surface area contributed by atoms with E-state index in [2.05, 4.69) is 26.2 Å². The highest BCUT2D eigenvalue weighted by Gasteiger charge is 2.10. The Bertz CT molecular complexity index is 690. The highest BCUT2D eigenvalue weighted by molar-refractivity contribution is 6.31. The lowest BCUT2D eigenvalue weighted by atomic mass is 10.2. The molecule has 5 nitrogen and oxygen atoms in total. The van der Waals surface area contributed by atoms with Crippen molar-refractivity contribution in [3.05, 3.63) is 47.2 Å². The molecule has 3 rings (SSSR count). The van der Waals surface area contributed by atoms with E-state index in [1.807, 2.05) is 25.2 Å². The molecule has 0 aliphatic carbocycles. The van der Waals surface area contributed by atoms with Crippen molar-refractivity contribution in [2.45, 2.75) is 13.1 Å². The van der Waals surface area contributed by atoms with Gasteiger partial charge in [-0.2, -0.15) is 4.98 Å². The van der Waals surface area contributed by atoms with Crippen molar-refractivity contribution in [1.29, 1.82) is 0 Å². The summed E-state index contributed by atoms with van der Waals surface area (Å²) in [7, 11) is 1.93. The lowest BCUT2D eigenvalue weighted by Crippen LogP contribution is -2.04. The van der Waals surface area contributed by atoms with E-state index in [1.54, 1.807) is 0 Å². The number of aromatic nitrogens is 3. The van der Waals surface area contributed by atoms with Crippen LogP contribution in [0.25, 0.3) is 10.9 Å². The topological polar surface area (TPSA) is 55.9 Å². The maximum absolute atomic E-state index is 6.08. The Hall–Kier alpha value is -1.85. The van der Waals surface area contributed by atoms with Crippen molar-refractivity contribution in [1.82, 2.24) is 20.0 Å². The molecule has 2 heterocycles. The molecule has 1 aromatic carbocycles. The molecule has 0 spiro atoms. The van der Waals surface area contributed by atoms with E-state index >= 15 is 0 Å². The summed E-state index contributed by atoms with van der Waals surface area (Å²) in [6, 6.07) is 5.90. The zero-order valence-electron chi connectivity index (χ0n) is 10.4. The minimum atomic E-state index is 0.567. The molecule has 0 aliphatic rings. The Morgan fingerprint density at radius 1 is 1.42 bits per heavy atom. The van der Waals surface area contributed by atoms with Gasteiger partial charge in [-0.15, -0.1) is 0 Å². The molecule has 3 aromatic rings. The van der Waals surface area contributed by atoms with Crippen LogP contribution in [0.15, 0.2) is 35.3 Å². The summed E-state index contributed by atoms with van der Waals surface area (Å²) < 4.78 is 6.85. The number of nitrogens with zero attached hydrogens (tertiary/aromatic N) is 3. The Morgan fingerprint density at radius 2 is 2.32 bits per heavy atom. The molecule has 0 atom stereocenters. The minimum absolute atomic E-state index is 0.567. The van der Waals surface area contributed by atoms with Crippen LogP contribution in [0.4, 0.5) is 0 Å². The van der Waals surface area contributed by atoms with Crippen molar-refractivity contribution < 1.29 is 4.52 Å². The van der Waals surface area contributed by atoms with E-state index in [-0.39, 0.29) is 0 Å². The van der Waals surface area contributed by atoms with E-state index in [9.17, 15) is 0 Å². The third-order valence-corrected chi connectivity index (χ3v) is 3.25. The predicted octanol–water partition coefficient (Wildman–Crippen LogP) is 2.45. The fourth-order valence-electron chi connectivity index (χ4n) is 2.22. The van der Waals surface area contributed by atoms with Crippen molar-refractivity contribution in [2.24, 2.45) is 0 Å². The van der Waals surface area contributed by atoms with Gasteiger partial charge in [-0.05, 0) is 24.7 Å². The quantitative estimate of drug-likeness (QED) is 0.795. The monoisotopic (exact) mass is 276 g/mol. The first-order valence-corrected chi connectivity index (χ1v) is 6.33. The fraction of sp³-hybridized carbons (Fsp3) is 0.231. The summed E-state index contributed by atoms with van der Waals surface area (Å²) in [5, 5.41) is 8.91. The Balaban J connectivity index is 2.09. The molecular weight excluding hydrogens is 264 g/mol. The molecule has 0 amide bonds. The molecule has 0 aliphatic heterocycles. The average Bonchev–Trinajstić information content (AvgIpc) is 3.00. The molecule has 0 bridgehead atoms. The first-order chi connectivity index (χ1) is 9.28. The van der Waals surface area contributed by atoms with Gasteiger partial charge in [0.2, 0.25) is 6.39 Å². The lowest BCUT2D eigenvalue weighted by Gasteiger charge is -2.01. The van der Waals surface area contributed by atoms with Crippen molar-refractivity contribution in [3.63, 3.8) is 0 Å². The van der Waals surface area contributed by atoms with Crippen molar-refractivity contribution in [2.75, 3.05) is 7.05 Å². The molecule has 98 valence electrons. The van der Waals surface area contributed by atoms with Crippen LogP contribution in [-0.2, 0) is 13.1 Å². The second kappa shape index (κ2) is 5.03. The first-order valence-electron chi connectivity index (χ1n) is 5.95. The van der Waals surface area contributed by atoms with E-state index in [4.69, 9.17) is 16.1 Å². The summed E-state index contributed by atoms with van der Waals surface area (Å²) in [5.41, 5.74) is 2.29. The van der Waals surface area contributed by atoms with Crippen molar-refractivity contribution >= 4 is 22.5 Å². The lowest BCUT2D eigenvalue weighted by molar-refractivity contribution is 0.408. The highest BCUT2D eigenvalue weighted by Crippen LogP contribution is 2.25. The number of fused-ring (bicyclic) bond motifs is 1. The van der Waals surface area contributed by atoms with Crippen LogP contribution in [0, 0.1) is 0 Å². The Labute approximate surface area is 115 Å². The first kappa shape index (κ1) is 12.2. The standard InChI is InChI=1S/C13H13ClN4O/c1-15-5-9-6-18(7-13-16-8-19-17-13)12-4-10(14)2-3-11(9)12/h2-4,6,8,15H,5,7H2,1H3. The third-order valence-electron chi connectivity index (χ3n) is 3.01. The van der Waals surface area contributed by atoms with Gasteiger partial charge in [0, 0.05) is 23.2 Å². The average molecular weight is 277 g/mol. The van der Waals surface area contributed by atoms with Crippen LogP contribution in [-0.4, -0.2) is 21.8 Å². The minimum Gasteiger partial charge on any atom is -0.343 e. The van der Waals surface area contributed by atoms with Gasteiger partial charge < -0.3 is 14.4 Å². The SMILES string of the molecule is CNCc1cn(Cc2ncon2)c2cc(Cl)ccc12. The number of benzene rings is 1. The van der Waals surface area contributed by atoms with E-state index in [0.29, 0.717) is 12.4 Å². The molecular formula is C13H13ClN4O. The van der Waals surface area contributed by atoms with Gasteiger partial charge in [0.05, 0.1) is 12.1 Å². The molecule has 2 aromatic heterocycles. The van der Waals surface area contributed by atoms with Gasteiger partial charge in [-0.25, -0.2) is 0 Å². The smallest absolute Gasteiger partial charge is 0.213 e. The summed E-state index contributed by atoms with van der Waals surface area (Å²) in [5.74, 6) is 0.646. The molecule has 6 heteroatoms. The van der Waals surface area contributed by atoms with Gasteiger partial charge >= 0.3 is 0 Å². The maximum Gasteiger partial charge on any atom is 0.213 e. The number of halogens is 1. The fourth-order valence-corrected chi connectivity index (χ4v) is 2.38. The second-order valence-electron chi connectivity index (χ2n) is 4.32. The van der Waals surface area contributed by atoms with Crippen LogP contribution >= 0.6 is 11.6 Å². The molecule has 0 unspecified atom stereocenters. The summed E-state index contributed by atoms with van der Waals surface area (Å²) in [6.07, 6.45) is 3.43. The summed E-state index contributed by atoms with van der Waals surface area (Å²) in [6.45, 7) is 1.37. The Kier molecular flexibility index (Phi) is 3.23. The zero-order chi connectivity index (χ0) is 13.2. The zero-order valence-corrected chi connectivity index (χ0v) is 11.2. The van der Waals surface area contributed by atoms with Gasteiger partial charge in [0.1, 0.15) is 0 Å². The second-order valence-corrected chi connectivity index (χ2v) is 4.76. The van der Waals surface area contributed by atoms with E-state index in [0.717, 1.165) is 17.1 Å². The van der Waals surface area contributed by atoms with Gasteiger partial charge in [-0.1, -0.05) is 22.8 Å². The maximum atomic E-state index is 6.08. The molecule has 1 N–H and O–H groups in total. The summed E-state index contributed by atoms with van der Waals surface area (Å²) in [4.78, 5) is 4.05. The molecule has 0 saturated carbocycles. The molecule has 19 heavy (non-hydrogen) atoms. The van der Waals surface area contributed by atoms with Crippen LogP contribution in [0.5, 0.6) is 0 Å². The highest BCUT2D eigenvalue weighted by atomic mass is 35.5. The molecule has 0 saturated heterocycles. The van der Waals surface area contributed by atoms with Crippen molar-refractivity contribution in [3.8, 4) is 0 Å². The number of hydrogen-bond donors (Lipinski definition) is 1. The van der Waals surface area contributed by atoms with Crippen LogP contribution < -0.4 is 5.32 Å².